The topological polar surface area (TPSA) is 18.5 Å². The maximum absolute atomic E-state index is 14.2. The Morgan fingerprint density at radius 2 is 1.50 bits per heavy atom. The monoisotopic (exact) mass is 388 g/mol. The molecule has 2 saturated carbocycles. The number of alkyl halides is 6. The number of rotatable bonds is 4. The Balaban J connectivity index is 2.10. The third-order valence-electron chi connectivity index (χ3n) is 6.94. The fourth-order valence-corrected chi connectivity index (χ4v) is 5.70. The highest BCUT2D eigenvalue weighted by molar-refractivity contribution is 5.16. The third kappa shape index (κ3) is 2.86. The molecule has 3 fully saturated rings. The molecule has 2 unspecified atom stereocenters. The van der Waals surface area contributed by atoms with E-state index in [4.69, 9.17) is 9.47 Å². The predicted molar refractivity (Wildman–Crippen MR) is 82.2 cm³/mol. The Morgan fingerprint density at radius 1 is 0.923 bits per heavy atom. The van der Waals surface area contributed by atoms with Crippen molar-refractivity contribution in [1.82, 2.24) is 0 Å². The summed E-state index contributed by atoms with van der Waals surface area (Å²) in [6.07, 6.45) is -9.82. The van der Waals surface area contributed by atoms with Crippen molar-refractivity contribution in [1.29, 1.82) is 0 Å². The van der Waals surface area contributed by atoms with Crippen LogP contribution in [0.3, 0.4) is 0 Å². The molecule has 2 nitrogen and oxygen atoms in total. The fourth-order valence-electron chi connectivity index (χ4n) is 5.70. The second-order valence-electron chi connectivity index (χ2n) is 8.35. The molecule has 152 valence electrons. The van der Waals surface area contributed by atoms with Gasteiger partial charge in [0.1, 0.15) is 0 Å². The van der Waals surface area contributed by atoms with Crippen LogP contribution in [0.5, 0.6) is 0 Å². The van der Waals surface area contributed by atoms with Gasteiger partial charge in [-0.05, 0) is 62.2 Å². The van der Waals surface area contributed by atoms with Gasteiger partial charge in [-0.1, -0.05) is 13.8 Å². The van der Waals surface area contributed by atoms with E-state index in [0.717, 1.165) is 0 Å². The number of fused-ring (bicyclic) bond motifs is 2. The second-order valence-corrected chi connectivity index (χ2v) is 8.35. The van der Waals surface area contributed by atoms with Crippen molar-refractivity contribution in [3.63, 3.8) is 0 Å². The van der Waals surface area contributed by atoms with Crippen LogP contribution in [0.4, 0.5) is 26.3 Å². The molecule has 8 heteroatoms. The van der Waals surface area contributed by atoms with Crippen molar-refractivity contribution >= 4 is 0 Å². The highest BCUT2D eigenvalue weighted by Crippen LogP contribution is 2.70. The molecule has 2 bridgehead atoms. The van der Waals surface area contributed by atoms with Crippen LogP contribution >= 0.6 is 0 Å². The van der Waals surface area contributed by atoms with Gasteiger partial charge in [0.25, 0.3) is 5.60 Å². The fraction of sp³-hybridized carbons (Fsp3) is 1.00. The summed E-state index contributed by atoms with van der Waals surface area (Å²) in [6.45, 7) is 3.59. The van der Waals surface area contributed by atoms with Crippen molar-refractivity contribution in [2.45, 2.75) is 83.0 Å². The van der Waals surface area contributed by atoms with Gasteiger partial charge in [-0.3, -0.25) is 0 Å². The molecule has 3 aliphatic rings. The van der Waals surface area contributed by atoms with E-state index < -0.39 is 41.5 Å². The zero-order valence-electron chi connectivity index (χ0n) is 15.1. The summed E-state index contributed by atoms with van der Waals surface area (Å²) in [5, 5.41) is 0. The number of hydrogen-bond donors (Lipinski definition) is 0. The molecule has 0 aromatic rings. The van der Waals surface area contributed by atoms with E-state index in [1.54, 1.807) is 13.8 Å². The smallest absolute Gasteiger partial charge is 0.353 e. The zero-order valence-corrected chi connectivity index (χ0v) is 15.1. The van der Waals surface area contributed by atoms with Crippen molar-refractivity contribution in [2.75, 3.05) is 6.61 Å². The minimum atomic E-state index is -5.55. The summed E-state index contributed by atoms with van der Waals surface area (Å²) in [5.41, 5.74) is -5.16. The van der Waals surface area contributed by atoms with Crippen molar-refractivity contribution in [3.8, 4) is 0 Å². The Labute approximate surface area is 149 Å². The molecule has 0 radical (unpaired) electrons. The first-order valence-electron chi connectivity index (χ1n) is 9.38. The van der Waals surface area contributed by atoms with Crippen molar-refractivity contribution in [3.05, 3.63) is 0 Å². The van der Waals surface area contributed by atoms with Gasteiger partial charge >= 0.3 is 12.4 Å². The third-order valence-corrected chi connectivity index (χ3v) is 6.94. The van der Waals surface area contributed by atoms with E-state index in [-0.39, 0.29) is 18.9 Å². The van der Waals surface area contributed by atoms with Crippen LogP contribution in [0.15, 0.2) is 0 Å². The zero-order chi connectivity index (χ0) is 19.4. The molecule has 1 saturated heterocycles. The molecule has 0 N–H and O–H groups in total. The van der Waals surface area contributed by atoms with Crippen LogP contribution in [-0.4, -0.2) is 30.9 Å². The maximum atomic E-state index is 14.2. The van der Waals surface area contributed by atoms with Gasteiger partial charge in [0, 0.05) is 12.5 Å². The highest BCUT2D eigenvalue weighted by atomic mass is 19.4. The van der Waals surface area contributed by atoms with Crippen LogP contribution in [-0.2, 0) is 9.47 Å². The van der Waals surface area contributed by atoms with E-state index in [0.29, 0.717) is 38.5 Å². The molecule has 26 heavy (non-hydrogen) atoms. The normalized spacial score (nSPS) is 36.1. The first-order valence-corrected chi connectivity index (χ1v) is 9.38. The molecular formula is C18H26F6O2. The average molecular weight is 388 g/mol. The van der Waals surface area contributed by atoms with E-state index in [2.05, 4.69) is 0 Å². The lowest BCUT2D eigenvalue weighted by atomic mass is 9.64. The van der Waals surface area contributed by atoms with E-state index >= 15 is 0 Å². The van der Waals surface area contributed by atoms with Gasteiger partial charge in [-0.15, -0.1) is 0 Å². The first kappa shape index (κ1) is 20.2. The van der Waals surface area contributed by atoms with E-state index in [1.165, 1.54) is 0 Å². The van der Waals surface area contributed by atoms with Crippen LogP contribution in [0.25, 0.3) is 0 Å². The number of hydrogen-bond acceptors (Lipinski definition) is 2. The minimum absolute atomic E-state index is 0.0555. The predicted octanol–water partition coefficient (Wildman–Crippen LogP) is 5.86. The highest BCUT2D eigenvalue weighted by Gasteiger charge is 2.82. The van der Waals surface area contributed by atoms with Gasteiger partial charge in [0.2, 0.25) is 0 Å². The van der Waals surface area contributed by atoms with Crippen LogP contribution in [0.1, 0.15) is 58.8 Å². The number of ether oxygens (including phenoxy) is 2. The lowest BCUT2D eigenvalue weighted by Crippen LogP contribution is -2.67. The molecule has 0 aromatic carbocycles. The van der Waals surface area contributed by atoms with Crippen LogP contribution < -0.4 is 0 Å². The Kier molecular flexibility index (Phi) is 5.09. The average Bonchev–Trinajstić information content (AvgIpc) is 3.08. The summed E-state index contributed by atoms with van der Waals surface area (Å²) in [7, 11) is 0. The van der Waals surface area contributed by atoms with E-state index in [9.17, 15) is 26.3 Å². The molecule has 1 heterocycles. The van der Waals surface area contributed by atoms with Gasteiger partial charge in [-0.2, -0.15) is 26.3 Å². The maximum Gasteiger partial charge on any atom is 0.426 e. The van der Waals surface area contributed by atoms with Crippen molar-refractivity contribution < 1.29 is 35.8 Å². The number of halogens is 6. The minimum Gasteiger partial charge on any atom is -0.353 e. The molecule has 3 rings (SSSR count). The van der Waals surface area contributed by atoms with Crippen LogP contribution in [0, 0.1) is 23.2 Å². The van der Waals surface area contributed by atoms with Gasteiger partial charge < -0.3 is 9.47 Å². The summed E-state index contributed by atoms with van der Waals surface area (Å²) in [6, 6.07) is 0. The molecule has 0 aromatic heterocycles. The standard InChI is InChI=1S/C18H26F6O2/c1-11(2)15-8-6-12(7-9-15)14(15)16(17(19,20)21,18(22,23)24)26-13-5-3-4-10-25-13/h11-14H,3-10H2,1-2H3. The summed E-state index contributed by atoms with van der Waals surface area (Å²) < 4.78 is 95.2. The van der Waals surface area contributed by atoms with Crippen molar-refractivity contribution in [2.24, 2.45) is 23.2 Å². The summed E-state index contributed by atoms with van der Waals surface area (Å²) in [4.78, 5) is 0. The molecule has 2 aliphatic carbocycles. The van der Waals surface area contributed by atoms with E-state index in [1.807, 2.05) is 0 Å². The molecule has 1 aliphatic heterocycles. The Hall–Kier alpha value is -0.500. The summed E-state index contributed by atoms with van der Waals surface area (Å²) >= 11 is 0. The van der Waals surface area contributed by atoms with Crippen LogP contribution in [0.2, 0.25) is 0 Å². The quantitative estimate of drug-likeness (QED) is 0.562. The first-order chi connectivity index (χ1) is 12.0. The van der Waals surface area contributed by atoms with Gasteiger partial charge in [0.15, 0.2) is 6.29 Å². The van der Waals surface area contributed by atoms with Gasteiger partial charge in [-0.25, -0.2) is 0 Å². The van der Waals surface area contributed by atoms with Gasteiger partial charge in [0.05, 0.1) is 0 Å². The summed E-state index contributed by atoms with van der Waals surface area (Å²) in [5.74, 6) is -2.51. The molecular weight excluding hydrogens is 362 g/mol. The SMILES string of the molecule is CC(C)C12CCC(CC1)C2C(OC1CCCCO1)(C(F)(F)F)C(F)(F)F. The molecule has 0 amide bonds. The lowest BCUT2D eigenvalue weighted by Gasteiger charge is -2.49. The molecule has 2 atom stereocenters. The Morgan fingerprint density at radius 3 is 1.92 bits per heavy atom. The largest absolute Gasteiger partial charge is 0.426 e. The lowest BCUT2D eigenvalue weighted by molar-refractivity contribution is -0.434. The second kappa shape index (κ2) is 6.54. The molecule has 0 spiro atoms. The Bertz CT molecular complexity index is 485.